The zero-order chi connectivity index (χ0) is 45.1. The maximum absolute atomic E-state index is 10.3. The quantitative estimate of drug-likeness (QED) is 0.143. The molecule has 0 saturated carbocycles. The fourth-order valence-corrected chi connectivity index (χ4v) is 8.14. The van der Waals surface area contributed by atoms with E-state index in [0.717, 1.165) is 66.8 Å². The Morgan fingerprint density at radius 2 is 0.652 bits per heavy atom. The van der Waals surface area contributed by atoms with E-state index in [1.807, 2.05) is 109 Å². The Balaban J connectivity index is 1.11. The van der Waals surface area contributed by atoms with Crippen LogP contribution >= 0.6 is 0 Å². The number of hydrogen-bond donors (Lipinski definition) is 0. The average Bonchev–Trinajstić information content (AvgIpc) is 3.38. The highest BCUT2D eigenvalue weighted by Crippen LogP contribution is 2.39. The average molecular weight is 850 g/mol. The van der Waals surface area contributed by atoms with Gasteiger partial charge < -0.3 is 0 Å². The van der Waals surface area contributed by atoms with Gasteiger partial charge in [0.05, 0.1) is 11.6 Å². The number of rotatable bonds is 9. The SMILES string of the molecule is Cc1ccc(-c2nc(-c3ccccc3)nc(-c3cccc(-c4ccc(-c5ccccc5C#N)c(-c5cccc(-c6nc(-c7ccccc7)nc(-c7ccc(C)c(C)c7)n6)c5)c4)c3)n2)cc1C. The van der Waals surface area contributed by atoms with Crippen molar-refractivity contribution in [3.8, 4) is 108 Å². The van der Waals surface area contributed by atoms with E-state index in [9.17, 15) is 5.26 Å². The fraction of sp³-hybridized carbons (Fsp3) is 0.0678. The zero-order valence-electron chi connectivity index (χ0n) is 37.0. The highest BCUT2D eigenvalue weighted by Gasteiger charge is 2.18. The smallest absolute Gasteiger partial charge is 0.164 e. The molecule has 7 heteroatoms. The van der Waals surface area contributed by atoms with Gasteiger partial charge in [-0.05, 0) is 114 Å². The summed E-state index contributed by atoms with van der Waals surface area (Å²) in [5.74, 6) is 3.57. The summed E-state index contributed by atoms with van der Waals surface area (Å²) in [4.78, 5) is 30.2. The minimum absolute atomic E-state index is 0.564. The van der Waals surface area contributed by atoms with Gasteiger partial charge in [0.15, 0.2) is 34.9 Å². The lowest BCUT2D eigenvalue weighted by molar-refractivity contribution is 1.07. The number of aryl methyl sites for hydroxylation is 4. The standard InChI is InChI=1S/C59H43N7/c1-37-25-27-48(31-39(37)3)58-63-54(41-15-7-5-8-16-41)61-56(65-58)46-22-13-20-43(33-46)44-29-30-52(51-24-12-11-19-50(51)36-60)53(35-44)45-21-14-23-47(34-45)57-62-55(42-17-9-6-10-18-42)64-59(66-57)49-28-26-38(2)40(4)32-49/h5-35H,1-4H3. The summed E-state index contributed by atoms with van der Waals surface area (Å²) < 4.78 is 0. The topological polar surface area (TPSA) is 101 Å². The Bertz CT molecular complexity index is 3480. The molecule has 2 aromatic heterocycles. The molecule has 10 rings (SSSR count). The Kier molecular flexibility index (Phi) is 11.1. The van der Waals surface area contributed by atoms with Crippen molar-refractivity contribution >= 4 is 0 Å². The van der Waals surface area contributed by atoms with Crippen LogP contribution in [0.15, 0.2) is 188 Å². The van der Waals surface area contributed by atoms with E-state index in [-0.39, 0.29) is 0 Å². The molecule has 8 aromatic carbocycles. The maximum atomic E-state index is 10.3. The van der Waals surface area contributed by atoms with Crippen molar-refractivity contribution in [3.05, 3.63) is 216 Å². The van der Waals surface area contributed by atoms with Gasteiger partial charge in [-0.1, -0.05) is 152 Å². The number of hydrogen-bond acceptors (Lipinski definition) is 7. The van der Waals surface area contributed by atoms with Gasteiger partial charge in [-0.3, -0.25) is 0 Å². The fourth-order valence-electron chi connectivity index (χ4n) is 8.14. The Hall–Kier alpha value is -8.73. The van der Waals surface area contributed by atoms with E-state index in [1.54, 1.807) is 0 Å². The first kappa shape index (κ1) is 41.3. The van der Waals surface area contributed by atoms with Gasteiger partial charge in [-0.25, -0.2) is 29.9 Å². The van der Waals surface area contributed by atoms with E-state index < -0.39 is 0 Å². The molecule has 0 bridgehead atoms. The van der Waals surface area contributed by atoms with Crippen LogP contribution in [0.5, 0.6) is 0 Å². The molecule has 7 nitrogen and oxygen atoms in total. The lowest BCUT2D eigenvalue weighted by Crippen LogP contribution is -2.01. The van der Waals surface area contributed by atoms with Crippen LogP contribution in [-0.2, 0) is 0 Å². The second kappa shape index (κ2) is 17.8. The summed E-state index contributed by atoms with van der Waals surface area (Å²) in [5.41, 5.74) is 16.4. The molecule has 0 saturated heterocycles. The molecule has 0 aliphatic rings. The minimum atomic E-state index is 0.564. The van der Waals surface area contributed by atoms with Crippen molar-refractivity contribution in [1.29, 1.82) is 5.26 Å². The van der Waals surface area contributed by atoms with Crippen LogP contribution in [0, 0.1) is 39.0 Å². The molecule has 0 atom stereocenters. The van der Waals surface area contributed by atoms with Crippen LogP contribution in [0.1, 0.15) is 27.8 Å². The van der Waals surface area contributed by atoms with Crippen LogP contribution in [0.25, 0.3) is 102 Å². The second-order valence-electron chi connectivity index (χ2n) is 16.5. The molecule has 10 aromatic rings. The van der Waals surface area contributed by atoms with Gasteiger partial charge >= 0.3 is 0 Å². The van der Waals surface area contributed by atoms with Crippen molar-refractivity contribution in [2.24, 2.45) is 0 Å². The van der Waals surface area contributed by atoms with Crippen molar-refractivity contribution in [2.75, 3.05) is 0 Å². The van der Waals surface area contributed by atoms with Crippen LogP contribution in [0.3, 0.4) is 0 Å². The first-order chi connectivity index (χ1) is 32.3. The van der Waals surface area contributed by atoms with Crippen molar-refractivity contribution in [2.45, 2.75) is 27.7 Å². The lowest BCUT2D eigenvalue weighted by Gasteiger charge is -2.16. The van der Waals surface area contributed by atoms with Gasteiger partial charge in [0.2, 0.25) is 0 Å². The van der Waals surface area contributed by atoms with Gasteiger partial charge in [-0.15, -0.1) is 0 Å². The molecule has 0 fully saturated rings. The van der Waals surface area contributed by atoms with Crippen molar-refractivity contribution < 1.29 is 0 Å². The Morgan fingerprint density at radius 3 is 1.15 bits per heavy atom. The second-order valence-corrected chi connectivity index (χ2v) is 16.5. The van der Waals surface area contributed by atoms with Crippen molar-refractivity contribution in [3.63, 3.8) is 0 Å². The molecule has 0 N–H and O–H groups in total. The van der Waals surface area contributed by atoms with Gasteiger partial charge in [-0.2, -0.15) is 5.26 Å². The first-order valence-electron chi connectivity index (χ1n) is 21.9. The summed E-state index contributed by atoms with van der Waals surface area (Å²) in [5, 5.41) is 10.3. The molecule has 0 amide bonds. The zero-order valence-corrected chi connectivity index (χ0v) is 37.0. The molecule has 0 unspecified atom stereocenters. The maximum Gasteiger partial charge on any atom is 0.164 e. The third-order valence-electron chi connectivity index (χ3n) is 12.1. The Morgan fingerprint density at radius 1 is 0.273 bits per heavy atom. The monoisotopic (exact) mass is 849 g/mol. The number of benzene rings is 8. The largest absolute Gasteiger partial charge is 0.208 e. The number of nitriles is 1. The summed E-state index contributed by atoms with van der Waals surface area (Å²) in [7, 11) is 0. The van der Waals surface area contributed by atoms with Gasteiger partial charge in [0.1, 0.15) is 0 Å². The third-order valence-corrected chi connectivity index (χ3v) is 12.1. The number of nitrogens with zero attached hydrogens (tertiary/aromatic N) is 7. The van der Waals surface area contributed by atoms with E-state index in [0.29, 0.717) is 40.5 Å². The van der Waals surface area contributed by atoms with E-state index in [4.69, 9.17) is 29.9 Å². The molecular weight excluding hydrogens is 807 g/mol. The number of aromatic nitrogens is 6. The summed E-state index contributed by atoms with van der Waals surface area (Å²) in [6.07, 6.45) is 0. The highest BCUT2D eigenvalue weighted by molar-refractivity contribution is 5.90. The van der Waals surface area contributed by atoms with E-state index in [1.165, 1.54) is 22.3 Å². The lowest BCUT2D eigenvalue weighted by atomic mass is 9.88. The van der Waals surface area contributed by atoms with Crippen LogP contribution in [0.4, 0.5) is 0 Å². The third kappa shape index (κ3) is 8.39. The molecular formula is C59H43N7. The highest BCUT2D eigenvalue weighted by atomic mass is 15.0. The molecule has 0 radical (unpaired) electrons. The molecule has 2 heterocycles. The van der Waals surface area contributed by atoms with Gasteiger partial charge in [0.25, 0.3) is 0 Å². The molecule has 0 spiro atoms. The molecule has 314 valence electrons. The van der Waals surface area contributed by atoms with Crippen LogP contribution < -0.4 is 0 Å². The van der Waals surface area contributed by atoms with E-state index >= 15 is 0 Å². The minimum Gasteiger partial charge on any atom is -0.208 e. The van der Waals surface area contributed by atoms with E-state index in [2.05, 4.69) is 113 Å². The summed E-state index contributed by atoms with van der Waals surface area (Å²) >= 11 is 0. The normalized spacial score (nSPS) is 11.0. The molecule has 66 heavy (non-hydrogen) atoms. The molecule has 0 aliphatic heterocycles. The van der Waals surface area contributed by atoms with Gasteiger partial charge in [0, 0.05) is 38.9 Å². The predicted octanol–water partition coefficient (Wildman–Crippen LogP) is 14.2. The Labute approximate surface area is 384 Å². The molecule has 0 aliphatic carbocycles. The van der Waals surface area contributed by atoms with Crippen LogP contribution in [0.2, 0.25) is 0 Å². The predicted molar refractivity (Wildman–Crippen MR) is 266 cm³/mol. The van der Waals surface area contributed by atoms with Crippen molar-refractivity contribution in [1.82, 2.24) is 29.9 Å². The summed E-state index contributed by atoms with van der Waals surface area (Å²) in [6, 6.07) is 65.9. The summed E-state index contributed by atoms with van der Waals surface area (Å²) in [6.45, 7) is 8.42. The first-order valence-corrected chi connectivity index (χ1v) is 21.9. The van der Waals surface area contributed by atoms with Crippen LogP contribution in [-0.4, -0.2) is 29.9 Å².